The lowest BCUT2D eigenvalue weighted by Crippen LogP contribution is -2.18. The Hall–Kier alpha value is -2.97. The smallest absolute Gasteiger partial charge is 0.267 e. The van der Waals surface area contributed by atoms with Gasteiger partial charge in [-0.2, -0.15) is 0 Å². The molecule has 1 heterocycles. The highest BCUT2D eigenvalue weighted by Gasteiger charge is 2.24. The Kier molecular flexibility index (Phi) is 5.62. The molecule has 0 unspecified atom stereocenters. The number of benzene rings is 2. The second-order valence-electron chi connectivity index (χ2n) is 6.17. The molecule has 0 atom stereocenters. The monoisotopic (exact) mass is 414 g/mol. The van der Waals surface area contributed by atoms with Crippen LogP contribution in [-0.2, 0) is 10.0 Å². The Labute approximate surface area is 167 Å². The fourth-order valence-electron chi connectivity index (χ4n) is 2.48. The van der Waals surface area contributed by atoms with E-state index in [4.69, 9.17) is 0 Å². The highest BCUT2D eigenvalue weighted by atomic mass is 32.2. The molecule has 1 aromatic heterocycles. The molecule has 2 N–H and O–H groups in total. The zero-order chi connectivity index (χ0) is 20.3. The van der Waals surface area contributed by atoms with Gasteiger partial charge in [-0.25, -0.2) is 8.42 Å². The van der Waals surface area contributed by atoms with Crippen molar-refractivity contribution in [1.29, 1.82) is 0 Å². The summed E-state index contributed by atoms with van der Waals surface area (Å²) in [4.78, 5) is 23.9. The zero-order valence-corrected chi connectivity index (χ0v) is 16.9. The van der Waals surface area contributed by atoms with Crippen LogP contribution in [0.5, 0.6) is 0 Å². The number of thiophene rings is 1. The molecule has 0 aliphatic carbocycles. The number of carbonyl (C=O) groups excluding carboxylic acids is 2. The van der Waals surface area contributed by atoms with Crippen LogP contribution in [0, 0.1) is 6.92 Å². The summed E-state index contributed by atoms with van der Waals surface area (Å²) in [5.74, 6) is -0.610. The molecule has 0 aliphatic rings. The summed E-state index contributed by atoms with van der Waals surface area (Å²) in [6, 6.07) is 14.7. The van der Waals surface area contributed by atoms with Gasteiger partial charge in [-0.1, -0.05) is 17.7 Å². The summed E-state index contributed by atoms with van der Waals surface area (Å²) in [6.07, 6.45) is 0. The molecule has 0 saturated carbocycles. The second-order valence-corrected chi connectivity index (χ2v) is 8.74. The highest BCUT2D eigenvalue weighted by Crippen LogP contribution is 2.26. The largest absolute Gasteiger partial charge is 0.321 e. The van der Waals surface area contributed by atoms with E-state index in [2.05, 4.69) is 10.0 Å². The van der Waals surface area contributed by atoms with Gasteiger partial charge in [0.1, 0.15) is 9.77 Å². The van der Waals surface area contributed by atoms with Crippen molar-refractivity contribution < 1.29 is 18.0 Å². The van der Waals surface area contributed by atoms with Gasteiger partial charge in [0.15, 0.2) is 5.78 Å². The third-order valence-electron chi connectivity index (χ3n) is 3.98. The maximum Gasteiger partial charge on any atom is 0.267 e. The van der Waals surface area contributed by atoms with Crippen molar-refractivity contribution in [1.82, 2.24) is 0 Å². The molecule has 28 heavy (non-hydrogen) atoms. The number of amides is 1. The third-order valence-corrected chi connectivity index (χ3v) is 6.44. The predicted molar refractivity (Wildman–Crippen MR) is 111 cm³/mol. The van der Waals surface area contributed by atoms with Crippen molar-refractivity contribution >= 4 is 44.4 Å². The average Bonchev–Trinajstić information content (AvgIpc) is 3.15. The number of hydrogen-bond donors (Lipinski definition) is 2. The Morgan fingerprint density at radius 1 is 0.893 bits per heavy atom. The predicted octanol–water partition coefficient (Wildman–Crippen LogP) is 4.31. The first-order chi connectivity index (χ1) is 13.3. The molecule has 6 nitrogen and oxygen atoms in total. The van der Waals surface area contributed by atoms with E-state index >= 15 is 0 Å². The van der Waals surface area contributed by atoms with Gasteiger partial charge >= 0.3 is 0 Å². The number of aryl methyl sites for hydroxylation is 1. The summed E-state index contributed by atoms with van der Waals surface area (Å²) in [5.41, 5.74) is 2.43. The molecule has 0 spiro atoms. The van der Waals surface area contributed by atoms with Gasteiger partial charge in [0, 0.05) is 16.9 Å². The number of rotatable bonds is 6. The number of ketones is 1. The first-order valence-electron chi connectivity index (χ1n) is 8.35. The number of anilines is 2. The Morgan fingerprint density at radius 3 is 2.11 bits per heavy atom. The van der Waals surface area contributed by atoms with Crippen molar-refractivity contribution in [2.75, 3.05) is 10.0 Å². The van der Waals surface area contributed by atoms with Gasteiger partial charge in [0.25, 0.3) is 15.9 Å². The highest BCUT2D eigenvalue weighted by molar-refractivity contribution is 7.93. The first kappa shape index (κ1) is 19.8. The van der Waals surface area contributed by atoms with Crippen LogP contribution in [0.15, 0.2) is 64.9 Å². The third kappa shape index (κ3) is 4.47. The van der Waals surface area contributed by atoms with Crippen molar-refractivity contribution in [2.45, 2.75) is 18.7 Å². The molecule has 8 heteroatoms. The molecule has 0 aliphatic heterocycles. The average molecular weight is 415 g/mol. The fraction of sp³-hybridized carbons (Fsp3) is 0.100. The van der Waals surface area contributed by atoms with Crippen LogP contribution in [0.25, 0.3) is 0 Å². The summed E-state index contributed by atoms with van der Waals surface area (Å²) < 4.78 is 27.9. The fourth-order valence-corrected chi connectivity index (χ4v) is 4.86. The van der Waals surface area contributed by atoms with Gasteiger partial charge in [-0.05, 0) is 61.7 Å². The molecule has 2 aromatic carbocycles. The van der Waals surface area contributed by atoms with E-state index in [0.717, 1.165) is 16.9 Å². The minimum absolute atomic E-state index is 0.0771. The maximum atomic E-state index is 12.7. The summed E-state index contributed by atoms with van der Waals surface area (Å²) in [6.45, 7) is 3.36. The minimum Gasteiger partial charge on any atom is -0.321 e. The van der Waals surface area contributed by atoms with Gasteiger partial charge < -0.3 is 5.32 Å². The topological polar surface area (TPSA) is 92.3 Å². The zero-order valence-electron chi connectivity index (χ0n) is 15.2. The van der Waals surface area contributed by atoms with Crippen molar-refractivity contribution in [3.63, 3.8) is 0 Å². The molecule has 144 valence electrons. The lowest BCUT2D eigenvalue weighted by atomic mass is 10.1. The molecule has 0 fully saturated rings. The van der Waals surface area contributed by atoms with Gasteiger partial charge in [0.2, 0.25) is 0 Å². The summed E-state index contributed by atoms with van der Waals surface area (Å²) in [5, 5.41) is 4.22. The van der Waals surface area contributed by atoms with E-state index in [0.29, 0.717) is 16.9 Å². The Balaban J connectivity index is 1.80. The molecular formula is C20H18N2O4S2. The molecule has 1 amide bonds. The first-order valence-corrected chi connectivity index (χ1v) is 10.7. The molecule has 0 radical (unpaired) electrons. The van der Waals surface area contributed by atoms with Crippen LogP contribution < -0.4 is 10.0 Å². The SMILES string of the molecule is CC(=O)c1ccc(NC(=O)c2sccc2S(=O)(=O)Nc2ccc(C)cc2)cc1. The van der Waals surface area contributed by atoms with Crippen LogP contribution >= 0.6 is 11.3 Å². The molecule has 3 aromatic rings. The van der Waals surface area contributed by atoms with E-state index in [1.54, 1.807) is 53.9 Å². The lowest BCUT2D eigenvalue weighted by Gasteiger charge is -2.10. The molecule has 0 bridgehead atoms. The van der Waals surface area contributed by atoms with Crippen molar-refractivity contribution in [3.8, 4) is 0 Å². The standard InChI is InChI=1S/C20H18N2O4S2/c1-13-3-7-17(8-4-13)22-28(25,26)18-11-12-27-19(18)20(24)21-16-9-5-15(6-10-16)14(2)23/h3-12,22H,1-2H3,(H,21,24). The van der Waals surface area contributed by atoms with Crippen LogP contribution in [0.2, 0.25) is 0 Å². The van der Waals surface area contributed by atoms with Crippen LogP contribution in [-0.4, -0.2) is 20.1 Å². The Morgan fingerprint density at radius 2 is 1.50 bits per heavy atom. The molecule has 3 rings (SSSR count). The lowest BCUT2D eigenvalue weighted by molar-refractivity contribution is 0.101. The summed E-state index contributed by atoms with van der Waals surface area (Å²) in [7, 11) is -3.91. The van der Waals surface area contributed by atoms with Crippen molar-refractivity contribution in [2.24, 2.45) is 0 Å². The number of hydrogen-bond acceptors (Lipinski definition) is 5. The van der Waals surface area contributed by atoms with E-state index in [-0.39, 0.29) is 15.6 Å². The van der Waals surface area contributed by atoms with E-state index in [1.807, 2.05) is 6.92 Å². The number of nitrogens with one attached hydrogen (secondary N) is 2. The molecular weight excluding hydrogens is 396 g/mol. The van der Waals surface area contributed by atoms with E-state index in [1.165, 1.54) is 13.0 Å². The van der Waals surface area contributed by atoms with Crippen LogP contribution in [0.3, 0.4) is 0 Å². The quantitative estimate of drug-likeness (QED) is 0.588. The second kappa shape index (κ2) is 7.95. The van der Waals surface area contributed by atoms with Crippen LogP contribution in [0.4, 0.5) is 11.4 Å². The van der Waals surface area contributed by atoms with Gasteiger partial charge in [-0.15, -0.1) is 11.3 Å². The number of Topliss-reactive ketones (excluding diaryl/α,β-unsaturated/α-hetero) is 1. The van der Waals surface area contributed by atoms with Gasteiger partial charge in [-0.3, -0.25) is 14.3 Å². The molecule has 0 saturated heterocycles. The Bertz CT molecular complexity index is 1120. The van der Waals surface area contributed by atoms with E-state index in [9.17, 15) is 18.0 Å². The number of carbonyl (C=O) groups is 2. The van der Waals surface area contributed by atoms with E-state index < -0.39 is 15.9 Å². The van der Waals surface area contributed by atoms with Gasteiger partial charge in [0.05, 0.1) is 0 Å². The summed E-state index contributed by atoms with van der Waals surface area (Å²) >= 11 is 1.04. The normalized spacial score (nSPS) is 11.1. The van der Waals surface area contributed by atoms with Crippen molar-refractivity contribution in [3.05, 3.63) is 76.0 Å². The van der Waals surface area contributed by atoms with Crippen LogP contribution in [0.1, 0.15) is 32.5 Å². The maximum absolute atomic E-state index is 12.7. The number of sulfonamides is 1. The minimum atomic E-state index is -3.91.